The molecular weight excluding hydrogens is 404 g/mol. The summed E-state index contributed by atoms with van der Waals surface area (Å²) in [5.41, 5.74) is 0.977. The minimum Gasteiger partial charge on any atom is -0.467 e. The van der Waals surface area contributed by atoms with Crippen LogP contribution in [0.3, 0.4) is 0 Å². The van der Waals surface area contributed by atoms with Gasteiger partial charge in [-0.2, -0.15) is 0 Å². The summed E-state index contributed by atoms with van der Waals surface area (Å²) in [4.78, 5) is 20.0. The van der Waals surface area contributed by atoms with Crippen LogP contribution in [0, 0.1) is 0 Å². The summed E-state index contributed by atoms with van der Waals surface area (Å²) in [5.74, 6) is 1.09. The average Bonchev–Trinajstić information content (AvgIpc) is 3.25. The molecule has 0 saturated heterocycles. The van der Waals surface area contributed by atoms with Crippen LogP contribution in [0.15, 0.2) is 88.6 Å². The van der Waals surface area contributed by atoms with Crippen LogP contribution in [-0.2, 0) is 17.9 Å². The number of furan rings is 1. The lowest BCUT2D eigenvalue weighted by molar-refractivity contribution is -0.129. The number of pyridine rings is 1. The number of carbonyl (C=O) groups is 1. The molecule has 0 atom stereocenters. The monoisotopic (exact) mass is 422 g/mol. The quantitative estimate of drug-likeness (QED) is 0.353. The Hall–Kier alpha value is -2.76. The SMILES string of the molecule is O=C(CSc1cccc2cccc(Cl)c12)N(Cc1cccnc1)Cc1ccco1. The summed E-state index contributed by atoms with van der Waals surface area (Å²) in [6.07, 6.45) is 5.12. The van der Waals surface area contributed by atoms with Crippen LogP contribution >= 0.6 is 23.4 Å². The minimum atomic E-state index is 0.0271. The maximum Gasteiger partial charge on any atom is 0.233 e. The Morgan fingerprint density at radius 1 is 1.03 bits per heavy atom. The lowest BCUT2D eigenvalue weighted by Crippen LogP contribution is -2.31. The van der Waals surface area contributed by atoms with Crippen LogP contribution in [0.5, 0.6) is 0 Å². The molecule has 2 heterocycles. The molecule has 1 amide bonds. The molecule has 4 nitrogen and oxygen atoms in total. The van der Waals surface area contributed by atoms with E-state index in [0.29, 0.717) is 23.9 Å². The molecule has 2 aromatic carbocycles. The molecule has 4 rings (SSSR count). The first-order chi connectivity index (χ1) is 14.2. The number of thioether (sulfide) groups is 1. The van der Waals surface area contributed by atoms with Crippen LogP contribution in [0.4, 0.5) is 0 Å². The number of fused-ring (bicyclic) bond motifs is 1. The zero-order valence-corrected chi connectivity index (χ0v) is 17.2. The van der Waals surface area contributed by atoms with Gasteiger partial charge in [0.2, 0.25) is 5.91 Å². The number of halogens is 1. The minimum absolute atomic E-state index is 0.0271. The molecule has 0 aliphatic heterocycles. The van der Waals surface area contributed by atoms with E-state index in [2.05, 4.69) is 4.98 Å². The van der Waals surface area contributed by atoms with E-state index in [-0.39, 0.29) is 5.91 Å². The maximum atomic E-state index is 13.1. The zero-order valence-electron chi connectivity index (χ0n) is 15.6. The van der Waals surface area contributed by atoms with Gasteiger partial charge in [0.25, 0.3) is 0 Å². The van der Waals surface area contributed by atoms with Crippen molar-refractivity contribution in [1.82, 2.24) is 9.88 Å². The molecule has 29 heavy (non-hydrogen) atoms. The first-order valence-electron chi connectivity index (χ1n) is 9.20. The summed E-state index contributed by atoms with van der Waals surface area (Å²) in [6, 6.07) is 19.4. The highest BCUT2D eigenvalue weighted by Gasteiger charge is 2.17. The van der Waals surface area contributed by atoms with Gasteiger partial charge >= 0.3 is 0 Å². The van der Waals surface area contributed by atoms with Crippen molar-refractivity contribution in [1.29, 1.82) is 0 Å². The van der Waals surface area contributed by atoms with E-state index < -0.39 is 0 Å². The van der Waals surface area contributed by atoms with Gasteiger partial charge in [-0.05, 0) is 41.3 Å². The molecule has 0 radical (unpaired) electrons. The van der Waals surface area contributed by atoms with Crippen LogP contribution in [0.2, 0.25) is 5.02 Å². The van der Waals surface area contributed by atoms with Crippen molar-refractivity contribution in [2.75, 3.05) is 5.75 Å². The highest BCUT2D eigenvalue weighted by molar-refractivity contribution is 8.00. The van der Waals surface area contributed by atoms with Crippen molar-refractivity contribution in [3.8, 4) is 0 Å². The van der Waals surface area contributed by atoms with Crippen molar-refractivity contribution >= 4 is 40.0 Å². The first-order valence-corrected chi connectivity index (χ1v) is 10.6. The largest absolute Gasteiger partial charge is 0.467 e. The average molecular weight is 423 g/mol. The Kier molecular flexibility index (Phi) is 6.17. The van der Waals surface area contributed by atoms with Gasteiger partial charge in [-0.25, -0.2) is 0 Å². The number of nitrogens with zero attached hydrogens (tertiary/aromatic N) is 2. The van der Waals surface area contributed by atoms with E-state index in [4.69, 9.17) is 16.0 Å². The van der Waals surface area contributed by atoms with Crippen molar-refractivity contribution in [3.05, 3.63) is 95.7 Å². The summed E-state index contributed by atoms with van der Waals surface area (Å²) < 4.78 is 5.45. The number of rotatable bonds is 7. The van der Waals surface area contributed by atoms with Crippen molar-refractivity contribution in [2.24, 2.45) is 0 Å². The van der Waals surface area contributed by atoms with E-state index in [0.717, 1.165) is 27.0 Å². The Balaban J connectivity index is 1.52. The molecule has 0 aliphatic carbocycles. The molecule has 146 valence electrons. The third-order valence-corrected chi connectivity index (χ3v) is 5.90. The summed E-state index contributed by atoms with van der Waals surface area (Å²) in [6.45, 7) is 0.891. The normalized spacial score (nSPS) is 10.9. The molecule has 0 N–H and O–H groups in total. The van der Waals surface area contributed by atoms with Crippen LogP contribution < -0.4 is 0 Å². The standard InChI is InChI=1S/C23H19ClN2O2S/c24-20-9-1-6-18-7-2-10-21(23(18)20)29-16-22(27)26(15-19-8-4-12-28-19)14-17-5-3-11-25-13-17/h1-13H,14-16H2. The number of amides is 1. The van der Waals surface area contributed by atoms with Crippen molar-refractivity contribution in [3.63, 3.8) is 0 Å². The third-order valence-electron chi connectivity index (χ3n) is 4.54. The smallest absolute Gasteiger partial charge is 0.233 e. The number of carbonyl (C=O) groups excluding carboxylic acids is 1. The van der Waals surface area contributed by atoms with Crippen LogP contribution in [0.1, 0.15) is 11.3 Å². The van der Waals surface area contributed by atoms with E-state index in [1.54, 1.807) is 23.6 Å². The predicted molar refractivity (Wildman–Crippen MR) is 117 cm³/mol. The van der Waals surface area contributed by atoms with Gasteiger partial charge in [0.05, 0.1) is 18.6 Å². The summed E-state index contributed by atoms with van der Waals surface area (Å²) in [5, 5.41) is 2.75. The third kappa shape index (κ3) is 4.81. The fourth-order valence-electron chi connectivity index (χ4n) is 3.15. The van der Waals surface area contributed by atoms with Crippen LogP contribution in [0.25, 0.3) is 10.8 Å². The van der Waals surface area contributed by atoms with Gasteiger partial charge in [-0.3, -0.25) is 9.78 Å². The summed E-state index contributed by atoms with van der Waals surface area (Å²) >= 11 is 7.92. The second-order valence-electron chi connectivity index (χ2n) is 6.57. The Bertz CT molecular complexity index is 1100. The lowest BCUT2D eigenvalue weighted by Gasteiger charge is -2.22. The van der Waals surface area contributed by atoms with E-state index in [1.165, 1.54) is 11.8 Å². The molecule has 0 bridgehead atoms. The molecule has 0 aliphatic rings. The zero-order chi connectivity index (χ0) is 20.1. The second-order valence-corrected chi connectivity index (χ2v) is 8.00. The van der Waals surface area contributed by atoms with Crippen molar-refractivity contribution < 1.29 is 9.21 Å². The Morgan fingerprint density at radius 2 is 1.90 bits per heavy atom. The number of aromatic nitrogens is 1. The van der Waals surface area contributed by atoms with Gasteiger partial charge < -0.3 is 9.32 Å². The van der Waals surface area contributed by atoms with E-state index in [1.807, 2.05) is 60.7 Å². The molecule has 0 spiro atoms. The fraction of sp³-hybridized carbons (Fsp3) is 0.130. The van der Waals surface area contributed by atoms with Crippen molar-refractivity contribution in [2.45, 2.75) is 18.0 Å². The summed E-state index contributed by atoms with van der Waals surface area (Å²) in [7, 11) is 0. The van der Waals surface area contributed by atoms with Gasteiger partial charge in [0.1, 0.15) is 5.76 Å². The highest BCUT2D eigenvalue weighted by atomic mass is 35.5. The molecule has 0 fully saturated rings. The van der Waals surface area contributed by atoms with Gasteiger partial charge in [-0.1, -0.05) is 41.9 Å². The number of benzene rings is 2. The van der Waals surface area contributed by atoms with Gasteiger partial charge in [0.15, 0.2) is 0 Å². The Morgan fingerprint density at radius 3 is 2.66 bits per heavy atom. The molecule has 0 saturated carbocycles. The van der Waals surface area contributed by atoms with E-state index >= 15 is 0 Å². The van der Waals surface area contributed by atoms with Gasteiger partial charge in [0, 0.05) is 34.2 Å². The molecule has 0 unspecified atom stereocenters. The Labute approximate surface area is 178 Å². The van der Waals surface area contributed by atoms with E-state index in [9.17, 15) is 4.79 Å². The highest BCUT2D eigenvalue weighted by Crippen LogP contribution is 2.33. The number of hydrogen-bond acceptors (Lipinski definition) is 4. The predicted octanol–water partition coefficient (Wildman–Crippen LogP) is 5.80. The topological polar surface area (TPSA) is 46.3 Å². The lowest BCUT2D eigenvalue weighted by atomic mass is 10.1. The number of hydrogen-bond donors (Lipinski definition) is 0. The van der Waals surface area contributed by atoms with Crippen LogP contribution in [-0.4, -0.2) is 21.5 Å². The molecular formula is C23H19ClN2O2S. The van der Waals surface area contributed by atoms with Gasteiger partial charge in [-0.15, -0.1) is 11.8 Å². The second kappa shape index (κ2) is 9.16. The molecule has 2 aromatic heterocycles. The maximum absolute atomic E-state index is 13.1. The molecule has 6 heteroatoms. The molecule has 4 aromatic rings. The first kappa shape index (κ1) is 19.6. The fourth-order valence-corrected chi connectivity index (χ4v) is 4.50.